The molecule has 260 valence electrons. The number of hydrogen-bond donors (Lipinski definition) is 0. The lowest BCUT2D eigenvalue weighted by atomic mass is 9.85. The largest absolute Gasteiger partial charge is 0.292 e. The summed E-state index contributed by atoms with van der Waals surface area (Å²) in [5.74, 6) is 0.904. The van der Waals surface area contributed by atoms with Crippen molar-refractivity contribution >= 4 is 21.8 Å². The average molecular weight is 696 g/mol. The predicted molar refractivity (Wildman–Crippen MR) is 227 cm³/mol. The van der Waals surface area contributed by atoms with Crippen LogP contribution in [0.3, 0.4) is 0 Å². The predicted octanol–water partition coefficient (Wildman–Crippen LogP) is 13.5. The molecule has 0 N–H and O–H groups in total. The fourth-order valence-electron chi connectivity index (χ4n) is 7.67. The summed E-state index contributed by atoms with van der Waals surface area (Å²) in [6, 6.07) is 62.7. The molecule has 0 aliphatic carbocycles. The minimum absolute atomic E-state index is 0.0144. The molecule has 7 aromatic carbocycles. The molecular formula is C51H41N3. The third kappa shape index (κ3) is 5.98. The highest BCUT2D eigenvalue weighted by Crippen LogP contribution is 2.41. The van der Waals surface area contributed by atoms with Crippen LogP contribution in [0.15, 0.2) is 176 Å². The van der Waals surface area contributed by atoms with Crippen molar-refractivity contribution in [2.75, 3.05) is 0 Å². The Morgan fingerprint density at radius 1 is 0.444 bits per heavy atom. The fourth-order valence-corrected chi connectivity index (χ4v) is 7.67. The molecule has 0 aliphatic heterocycles. The molecule has 9 aromatic rings. The maximum absolute atomic E-state index is 5.60. The summed E-state index contributed by atoms with van der Waals surface area (Å²) in [5.41, 5.74) is 15.2. The molecule has 0 unspecified atom stereocenters. The topological polar surface area (TPSA) is 30.7 Å². The molecule has 0 radical (unpaired) electrons. The molecule has 0 saturated carbocycles. The van der Waals surface area contributed by atoms with Gasteiger partial charge in [0, 0.05) is 22.3 Å². The van der Waals surface area contributed by atoms with Crippen LogP contribution < -0.4 is 0 Å². The third-order valence-corrected chi connectivity index (χ3v) is 10.5. The molecule has 0 aliphatic rings. The monoisotopic (exact) mass is 695 g/mol. The van der Waals surface area contributed by atoms with Crippen LogP contribution >= 0.6 is 0 Å². The van der Waals surface area contributed by atoms with E-state index < -0.39 is 0 Å². The van der Waals surface area contributed by atoms with Crippen LogP contribution in [0.4, 0.5) is 0 Å². The molecule has 3 nitrogen and oxygen atoms in total. The molecule has 0 saturated heterocycles. The highest BCUT2D eigenvalue weighted by atomic mass is 15.1. The van der Waals surface area contributed by atoms with Crippen LogP contribution in [0.1, 0.15) is 31.9 Å². The van der Waals surface area contributed by atoms with Crippen molar-refractivity contribution in [3.8, 4) is 61.8 Å². The van der Waals surface area contributed by atoms with Crippen molar-refractivity contribution in [2.45, 2.75) is 33.1 Å². The molecule has 0 bridgehead atoms. The summed E-state index contributed by atoms with van der Waals surface area (Å²) in [6.07, 6.45) is 0. The Bertz CT molecular complexity index is 2800. The number of benzene rings is 7. The number of imidazole rings is 1. The van der Waals surface area contributed by atoms with E-state index in [1.165, 1.54) is 44.2 Å². The lowest BCUT2D eigenvalue weighted by Crippen LogP contribution is -2.12. The first-order valence-corrected chi connectivity index (χ1v) is 18.7. The second kappa shape index (κ2) is 13.4. The number of hydrogen-bond acceptors (Lipinski definition) is 2. The Morgan fingerprint density at radius 3 is 1.87 bits per heavy atom. The second-order valence-electron chi connectivity index (χ2n) is 15.1. The fraction of sp³-hybridized carbons (Fsp3) is 0.0980. The highest BCUT2D eigenvalue weighted by molar-refractivity contribution is 6.02. The van der Waals surface area contributed by atoms with E-state index in [9.17, 15) is 0 Å². The first-order chi connectivity index (χ1) is 26.3. The Hall–Kier alpha value is -6.58. The molecule has 2 aromatic heterocycles. The zero-order chi connectivity index (χ0) is 36.8. The molecule has 3 heteroatoms. The van der Waals surface area contributed by atoms with Crippen LogP contribution in [-0.4, -0.2) is 14.5 Å². The van der Waals surface area contributed by atoms with E-state index in [0.29, 0.717) is 0 Å². The van der Waals surface area contributed by atoms with Gasteiger partial charge in [-0.15, -0.1) is 0 Å². The summed E-state index contributed by atoms with van der Waals surface area (Å²) < 4.78 is 2.37. The number of nitrogens with zero attached hydrogens (tertiary/aromatic N) is 3. The van der Waals surface area contributed by atoms with Crippen LogP contribution in [0.5, 0.6) is 0 Å². The number of aromatic nitrogens is 3. The zero-order valence-electron chi connectivity index (χ0n) is 31.1. The van der Waals surface area contributed by atoms with Gasteiger partial charge in [0.2, 0.25) is 0 Å². The summed E-state index contributed by atoms with van der Waals surface area (Å²) in [7, 11) is 0. The third-order valence-electron chi connectivity index (χ3n) is 10.5. The molecule has 0 spiro atoms. The Morgan fingerprint density at radius 2 is 1.07 bits per heavy atom. The van der Waals surface area contributed by atoms with Gasteiger partial charge in [0.1, 0.15) is 5.82 Å². The normalized spacial score (nSPS) is 11.7. The molecular weight excluding hydrogens is 655 g/mol. The highest BCUT2D eigenvalue weighted by Gasteiger charge is 2.24. The zero-order valence-corrected chi connectivity index (χ0v) is 31.1. The maximum atomic E-state index is 5.60. The van der Waals surface area contributed by atoms with Crippen molar-refractivity contribution < 1.29 is 0 Å². The van der Waals surface area contributed by atoms with E-state index in [1.54, 1.807) is 0 Å². The first-order valence-electron chi connectivity index (χ1n) is 18.7. The number of pyridine rings is 1. The molecule has 54 heavy (non-hydrogen) atoms. The smallest absolute Gasteiger partial charge is 0.146 e. The van der Waals surface area contributed by atoms with Gasteiger partial charge in [0.15, 0.2) is 0 Å². The van der Waals surface area contributed by atoms with Gasteiger partial charge < -0.3 is 0 Å². The van der Waals surface area contributed by atoms with Crippen LogP contribution in [0, 0.1) is 6.92 Å². The summed E-state index contributed by atoms with van der Waals surface area (Å²) >= 11 is 0. The Labute approximate surface area is 317 Å². The minimum atomic E-state index is -0.0144. The van der Waals surface area contributed by atoms with Crippen LogP contribution in [0.25, 0.3) is 83.6 Å². The van der Waals surface area contributed by atoms with E-state index in [-0.39, 0.29) is 5.41 Å². The summed E-state index contributed by atoms with van der Waals surface area (Å²) in [6.45, 7) is 9.01. The maximum Gasteiger partial charge on any atom is 0.146 e. The van der Waals surface area contributed by atoms with Crippen molar-refractivity contribution in [2.24, 2.45) is 0 Å². The SMILES string of the molecule is Cc1cccc2c(-c3nc4c(-c5cccc(-c6cccc(-c7ccccc7)c6)n5)cccc4n3-c3ccc(C(C)(C)C)cc3-c3ccccc3)cccc12. The Kier molecular flexibility index (Phi) is 8.28. The van der Waals surface area contributed by atoms with Crippen LogP contribution in [0.2, 0.25) is 0 Å². The molecule has 0 atom stereocenters. The first kappa shape index (κ1) is 33.3. The van der Waals surface area contributed by atoms with Gasteiger partial charge in [-0.25, -0.2) is 9.97 Å². The van der Waals surface area contributed by atoms with Crippen molar-refractivity contribution in [1.82, 2.24) is 14.5 Å². The molecule has 0 amide bonds. The van der Waals surface area contributed by atoms with E-state index in [4.69, 9.17) is 9.97 Å². The van der Waals surface area contributed by atoms with E-state index in [0.717, 1.165) is 50.6 Å². The van der Waals surface area contributed by atoms with Gasteiger partial charge in [-0.3, -0.25) is 4.57 Å². The number of para-hydroxylation sites is 1. The number of fused-ring (bicyclic) bond motifs is 2. The number of rotatable bonds is 6. The molecule has 0 fully saturated rings. The molecule has 9 rings (SSSR count). The van der Waals surface area contributed by atoms with Crippen molar-refractivity contribution in [1.29, 1.82) is 0 Å². The van der Waals surface area contributed by atoms with Gasteiger partial charge in [-0.1, -0.05) is 160 Å². The Balaban J connectivity index is 1.30. The minimum Gasteiger partial charge on any atom is -0.292 e. The van der Waals surface area contributed by atoms with Crippen LogP contribution in [-0.2, 0) is 5.41 Å². The van der Waals surface area contributed by atoms with Gasteiger partial charge in [0.05, 0.1) is 28.1 Å². The van der Waals surface area contributed by atoms with E-state index in [2.05, 4.69) is 208 Å². The van der Waals surface area contributed by atoms with Gasteiger partial charge in [-0.2, -0.15) is 0 Å². The summed E-state index contributed by atoms with van der Waals surface area (Å²) in [4.78, 5) is 10.9. The average Bonchev–Trinajstić information content (AvgIpc) is 3.60. The van der Waals surface area contributed by atoms with Gasteiger partial charge >= 0.3 is 0 Å². The van der Waals surface area contributed by atoms with Crippen molar-refractivity contribution in [3.63, 3.8) is 0 Å². The standard InChI is InChI=1S/C51H41N3/c1-34-16-11-24-41-40(34)23-13-25-42(41)50-53-49-43(46-28-15-27-45(52-46)38-22-12-21-37(32-38)35-17-7-5-8-18-35)26-14-29-48(49)54(50)47-31-30-39(51(2,3)4)33-44(47)36-19-9-6-10-20-36/h5-33H,1-4H3. The van der Waals surface area contributed by atoms with E-state index >= 15 is 0 Å². The van der Waals surface area contributed by atoms with E-state index in [1.807, 2.05) is 0 Å². The molecule has 2 heterocycles. The lowest BCUT2D eigenvalue weighted by Gasteiger charge is -2.23. The number of aryl methyl sites for hydroxylation is 1. The summed E-state index contributed by atoms with van der Waals surface area (Å²) in [5, 5.41) is 2.41. The van der Waals surface area contributed by atoms with Gasteiger partial charge in [-0.05, 0) is 87.3 Å². The van der Waals surface area contributed by atoms with Gasteiger partial charge in [0.25, 0.3) is 0 Å². The quantitative estimate of drug-likeness (QED) is 0.173. The van der Waals surface area contributed by atoms with Crippen molar-refractivity contribution in [3.05, 3.63) is 187 Å². The lowest BCUT2D eigenvalue weighted by molar-refractivity contribution is 0.590. The second-order valence-corrected chi connectivity index (χ2v) is 15.1.